The van der Waals surface area contributed by atoms with Crippen molar-refractivity contribution in [2.45, 2.75) is 31.6 Å². The third kappa shape index (κ3) is 1.36. The normalized spacial score (nSPS) is 16.7. The van der Waals surface area contributed by atoms with Crippen LogP contribution in [0.2, 0.25) is 0 Å². The van der Waals surface area contributed by atoms with Crippen LogP contribution in [0.1, 0.15) is 43.0 Å². The molecule has 16 heavy (non-hydrogen) atoms. The van der Waals surface area contributed by atoms with E-state index in [1.165, 1.54) is 25.7 Å². The second-order valence-electron chi connectivity index (χ2n) is 4.30. The molecule has 0 amide bonds. The minimum Gasteiger partial charge on any atom is -0.286 e. The molecule has 0 aliphatic heterocycles. The molecule has 4 heteroatoms. The van der Waals surface area contributed by atoms with E-state index in [9.17, 15) is 0 Å². The predicted molar refractivity (Wildman–Crippen MR) is 58.9 cm³/mol. The molecule has 1 fully saturated rings. The molecular formula is C12H12N4. The van der Waals surface area contributed by atoms with Crippen molar-refractivity contribution in [1.29, 1.82) is 5.26 Å². The second kappa shape index (κ2) is 3.60. The molecule has 2 aromatic rings. The summed E-state index contributed by atoms with van der Waals surface area (Å²) in [5.74, 6) is 1.60. The van der Waals surface area contributed by atoms with Crippen LogP contribution in [0.25, 0.3) is 5.65 Å². The van der Waals surface area contributed by atoms with Crippen molar-refractivity contribution in [3.63, 3.8) is 0 Å². The molecule has 1 saturated carbocycles. The zero-order valence-electron chi connectivity index (χ0n) is 8.93. The Bertz CT molecular complexity index is 558. The minimum atomic E-state index is 0.544. The van der Waals surface area contributed by atoms with Crippen LogP contribution in [-0.2, 0) is 0 Å². The van der Waals surface area contributed by atoms with Gasteiger partial charge in [-0.3, -0.25) is 4.40 Å². The number of fused-ring (bicyclic) bond motifs is 1. The molecule has 2 heterocycles. The van der Waals surface area contributed by atoms with Crippen LogP contribution >= 0.6 is 0 Å². The Kier molecular flexibility index (Phi) is 2.10. The van der Waals surface area contributed by atoms with Gasteiger partial charge in [-0.25, -0.2) is 0 Å². The molecule has 2 aromatic heterocycles. The first-order valence-electron chi connectivity index (χ1n) is 5.63. The van der Waals surface area contributed by atoms with Gasteiger partial charge in [0.1, 0.15) is 5.82 Å². The lowest BCUT2D eigenvalue weighted by Gasteiger charge is -2.05. The Balaban J connectivity index is 2.10. The number of hydrogen-bond donors (Lipinski definition) is 0. The van der Waals surface area contributed by atoms with Gasteiger partial charge in [0.15, 0.2) is 5.65 Å². The maximum Gasteiger partial charge on any atom is 0.162 e. The lowest BCUT2D eigenvalue weighted by molar-refractivity contribution is 0.658. The molecule has 1 aliphatic carbocycles. The SMILES string of the molecule is N#Cc1ccn2c(C3CCCC3)nnc2c1. The molecule has 0 radical (unpaired) electrons. The average Bonchev–Trinajstić information content (AvgIpc) is 2.96. The van der Waals surface area contributed by atoms with E-state index in [1.54, 1.807) is 6.07 Å². The molecule has 4 nitrogen and oxygen atoms in total. The first-order chi connectivity index (χ1) is 7.88. The number of rotatable bonds is 1. The summed E-state index contributed by atoms with van der Waals surface area (Å²) in [5, 5.41) is 17.2. The van der Waals surface area contributed by atoms with Crippen LogP contribution in [0.4, 0.5) is 0 Å². The van der Waals surface area contributed by atoms with Gasteiger partial charge in [0.05, 0.1) is 11.6 Å². The smallest absolute Gasteiger partial charge is 0.162 e. The van der Waals surface area contributed by atoms with Gasteiger partial charge in [0.25, 0.3) is 0 Å². The van der Waals surface area contributed by atoms with Crippen molar-refractivity contribution in [3.8, 4) is 6.07 Å². The summed E-state index contributed by atoms with van der Waals surface area (Å²) in [6.07, 6.45) is 6.90. The molecule has 80 valence electrons. The number of hydrogen-bond acceptors (Lipinski definition) is 3. The number of nitriles is 1. The fraction of sp³-hybridized carbons (Fsp3) is 0.417. The van der Waals surface area contributed by atoms with Gasteiger partial charge in [0.2, 0.25) is 0 Å². The molecule has 0 bridgehead atoms. The molecule has 0 saturated heterocycles. The first-order valence-corrected chi connectivity index (χ1v) is 5.63. The fourth-order valence-electron chi connectivity index (χ4n) is 2.44. The first kappa shape index (κ1) is 9.34. The Morgan fingerprint density at radius 1 is 1.31 bits per heavy atom. The van der Waals surface area contributed by atoms with Gasteiger partial charge >= 0.3 is 0 Å². The average molecular weight is 212 g/mol. The van der Waals surface area contributed by atoms with Crippen molar-refractivity contribution < 1.29 is 0 Å². The van der Waals surface area contributed by atoms with E-state index in [-0.39, 0.29) is 0 Å². The highest BCUT2D eigenvalue weighted by Gasteiger charge is 2.21. The summed E-state index contributed by atoms with van der Waals surface area (Å²) >= 11 is 0. The van der Waals surface area contributed by atoms with E-state index < -0.39 is 0 Å². The van der Waals surface area contributed by atoms with Crippen LogP contribution in [-0.4, -0.2) is 14.6 Å². The molecule has 0 N–H and O–H groups in total. The maximum atomic E-state index is 8.81. The Morgan fingerprint density at radius 2 is 2.12 bits per heavy atom. The lowest BCUT2D eigenvalue weighted by Crippen LogP contribution is -1.99. The quantitative estimate of drug-likeness (QED) is 0.728. The monoisotopic (exact) mass is 212 g/mol. The van der Waals surface area contributed by atoms with Crippen molar-refractivity contribution in [3.05, 3.63) is 29.7 Å². The van der Waals surface area contributed by atoms with Crippen molar-refractivity contribution in [1.82, 2.24) is 14.6 Å². The van der Waals surface area contributed by atoms with Crippen LogP contribution < -0.4 is 0 Å². The maximum absolute atomic E-state index is 8.81. The third-order valence-electron chi connectivity index (χ3n) is 3.29. The topological polar surface area (TPSA) is 54.0 Å². The van der Waals surface area contributed by atoms with E-state index in [4.69, 9.17) is 5.26 Å². The summed E-state index contributed by atoms with van der Waals surface area (Å²) in [6, 6.07) is 5.71. The van der Waals surface area contributed by atoms with E-state index in [1.807, 2.05) is 16.7 Å². The molecule has 0 spiro atoms. The third-order valence-corrected chi connectivity index (χ3v) is 3.29. The van der Waals surface area contributed by atoms with Gasteiger partial charge in [-0.2, -0.15) is 5.26 Å². The van der Waals surface area contributed by atoms with E-state index in [0.717, 1.165) is 11.5 Å². The van der Waals surface area contributed by atoms with E-state index in [0.29, 0.717) is 11.5 Å². The zero-order chi connectivity index (χ0) is 11.0. The van der Waals surface area contributed by atoms with E-state index in [2.05, 4.69) is 16.3 Å². The molecule has 1 aliphatic rings. The summed E-state index contributed by atoms with van der Waals surface area (Å²) in [6.45, 7) is 0. The van der Waals surface area contributed by atoms with Crippen LogP contribution in [0.3, 0.4) is 0 Å². The number of pyridine rings is 1. The van der Waals surface area contributed by atoms with E-state index >= 15 is 0 Å². The minimum absolute atomic E-state index is 0.544. The van der Waals surface area contributed by atoms with Gasteiger partial charge in [0, 0.05) is 18.2 Å². The number of nitrogens with zero attached hydrogens (tertiary/aromatic N) is 4. The van der Waals surface area contributed by atoms with Gasteiger partial charge in [-0.1, -0.05) is 12.8 Å². The largest absolute Gasteiger partial charge is 0.286 e. The fourth-order valence-corrected chi connectivity index (χ4v) is 2.44. The van der Waals surface area contributed by atoms with Crippen LogP contribution in [0, 0.1) is 11.3 Å². The molecule has 0 atom stereocenters. The van der Waals surface area contributed by atoms with Crippen molar-refractivity contribution >= 4 is 5.65 Å². The van der Waals surface area contributed by atoms with Gasteiger partial charge in [-0.05, 0) is 18.9 Å². The Hall–Kier alpha value is -1.89. The molecule has 3 rings (SSSR count). The highest BCUT2D eigenvalue weighted by molar-refractivity contribution is 5.45. The lowest BCUT2D eigenvalue weighted by atomic mass is 10.1. The summed E-state index contributed by atoms with van der Waals surface area (Å²) in [4.78, 5) is 0. The summed E-state index contributed by atoms with van der Waals surface area (Å²) in [7, 11) is 0. The Morgan fingerprint density at radius 3 is 2.88 bits per heavy atom. The standard InChI is InChI=1S/C12H12N4/c13-8-9-5-6-16-11(7-9)14-15-12(16)10-3-1-2-4-10/h5-7,10H,1-4H2. The van der Waals surface area contributed by atoms with Gasteiger partial charge < -0.3 is 0 Å². The molecule has 0 aromatic carbocycles. The summed E-state index contributed by atoms with van der Waals surface area (Å²) in [5.41, 5.74) is 1.42. The number of aromatic nitrogens is 3. The van der Waals surface area contributed by atoms with Crippen molar-refractivity contribution in [2.24, 2.45) is 0 Å². The predicted octanol–water partition coefficient (Wildman–Crippen LogP) is 2.26. The van der Waals surface area contributed by atoms with Crippen molar-refractivity contribution in [2.75, 3.05) is 0 Å². The summed E-state index contributed by atoms with van der Waals surface area (Å²) < 4.78 is 2.01. The highest BCUT2D eigenvalue weighted by atomic mass is 15.2. The zero-order valence-corrected chi connectivity index (χ0v) is 8.93. The molecule has 0 unspecified atom stereocenters. The van der Waals surface area contributed by atoms with Gasteiger partial charge in [-0.15, -0.1) is 10.2 Å². The molecular weight excluding hydrogens is 200 g/mol. The highest BCUT2D eigenvalue weighted by Crippen LogP contribution is 2.33. The van der Waals surface area contributed by atoms with Crippen LogP contribution in [0.5, 0.6) is 0 Å². The second-order valence-corrected chi connectivity index (χ2v) is 4.30. The Labute approximate surface area is 93.5 Å². The van der Waals surface area contributed by atoms with Crippen LogP contribution in [0.15, 0.2) is 18.3 Å².